The van der Waals surface area contributed by atoms with Gasteiger partial charge in [-0.1, -0.05) is 29.8 Å². The van der Waals surface area contributed by atoms with E-state index in [9.17, 15) is 5.11 Å². The molecule has 0 radical (unpaired) electrons. The molecule has 0 bridgehead atoms. The maximum Gasteiger partial charge on any atom is 0.0459 e. The second-order valence-corrected chi connectivity index (χ2v) is 6.07. The Hall–Kier alpha value is -0.860. The Morgan fingerprint density at radius 3 is 2.32 bits per heavy atom. The van der Waals surface area contributed by atoms with E-state index in [0.717, 1.165) is 13.0 Å². The van der Waals surface area contributed by atoms with Gasteiger partial charge in [0.2, 0.25) is 0 Å². The van der Waals surface area contributed by atoms with Crippen LogP contribution in [0.5, 0.6) is 0 Å². The fraction of sp³-hybridized carbons (Fsp3) is 0.647. The van der Waals surface area contributed by atoms with Crippen LogP contribution in [0, 0.1) is 12.8 Å². The van der Waals surface area contributed by atoms with Crippen molar-refractivity contribution >= 4 is 0 Å². The number of hydrogen-bond donors (Lipinski definition) is 1. The molecule has 1 N–H and O–H groups in total. The van der Waals surface area contributed by atoms with Crippen molar-refractivity contribution in [2.45, 2.75) is 45.1 Å². The Morgan fingerprint density at radius 2 is 1.74 bits per heavy atom. The van der Waals surface area contributed by atoms with Gasteiger partial charge in [0.05, 0.1) is 0 Å². The fourth-order valence-corrected chi connectivity index (χ4v) is 3.01. The first-order chi connectivity index (χ1) is 9.19. The molecule has 1 aromatic carbocycles. The molecule has 1 aromatic rings. The molecular formula is C17H27NO. The third-order valence-corrected chi connectivity index (χ3v) is 4.57. The third-order valence-electron chi connectivity index (χ3n) is 4.57. The highest BCUT2D eigenvalue weighted by Gasteiger charge is 2.23. The minimum atomic E-state index is 0.375. The maximum absolute atomic E-state index is 9.18. The Balaban J connectivity index is 1.75. The summed E-state index contributed by atoms with van der Waals surface area (Å²) in [6.45, 7) is 3.65. The normalized spacial score (nSPS) is 23.8. The van der Waals surface area contributed by atoms with E-state index in [2.05, 4.69) is 43.1 Å². The quantitative estimate of drug-likeness (QED) is 0.880. The Kier molecular flexibility index (Phi) is 5.41. The molecule has 19 heavy (non-hydrogen) atoms. The first-order valence-corrected chi connectivity index (χ1v) is 7.55. The summed E-state index contributed by atoms with van der Waals surface area (Å²) >= 11 is 0. The van der Waals surface area contributed by atoms with Gasteiger partial charge in [-0.15, -0.1) is 0 Å². The number of likely N-dealkylation sites (N-methyl/N-ethyl adjacent to an activating group) is 1. The van der Waals surface area contributed by atoms with Crippen molar-refractivity contribution in [3.63, 3.8) is 0 Å². The molecule has 0 atom stereocenters. The molecule has 0 spiro atoms. The van der Waals surface area contributed by atoms with Crippen LogP contribution in [0.15, 0.2) is 24.3 Å². The van der Waals surface area contributed by atoms with Crippen LogP contribution in [0.1, 0.15) is 36.8 Å². The average molecular weight is 261 g/mol. The van der Waals surface area contributed by atoms with Crippen LogP contribution in [-0.4, -0.2) is 36.2 Å². The van der Waals surface area contributed by atoms with Crippen LogP contribution in [0.4, 0.5) is 0 Å². The molecule has 2 rings (SSSR count). The number of rotatable bonds is 5. The smallest absolute Gasteiger partial charge is 0.0459 e. The molecule has 106 valence electrons. The van der Waals surface area contributed by atoms with Crippen LogP contribution >= 0.6 is 0 Å². The zero-order chi connectivity index (χ0) is 13.7. The number of aliphatic hydroxyl groups is 1. The van der Waals surface area contributed by atoms with Gasteiger partial charge in [0, 0.05) is 19.2 Å². The predicted molar refractivity (Wildman–Crippen MR) is 80.3 cm³/mol. The van der Waals surface area contributed by atoms with Crippen molar-refractivity contribution in [1.82, 2.24) is 4.90 Å². The van der Waals surface area contributed by atoms with Crippen molar-refractivity contribution in [2.75, 3.05) is 20.2 Å². The molecule has 1 aliphatic carbocycles. The second-order valence-electron chi connectivity index (χ2n) is 6.07. The topological polar surface area (TPSA) is 23.5 Å². The molecule has 0 saturated heterocycles. The van der Waals surface area contributed by atoms with Crippen LogP contribution in [-0.2, 0) is 6.42 Å². The summed E-state index contributed by atoms with van der Waals surface area (Å²) in [5.41, 5.74) is 2.76. The van der Waals surface area contributed by atoms with E-state index >= 15 is 0 Å². The summed E-state index contributed by atoms with van der Waals surface area (Å²) in [6.07, 6.45) is 6.01. The number of nitrogens with zero attached hydrogens (tertiary/aromatic N) is 1. The third kappa shape index (κ3) is 4.32. The van der Waals surface area contributed by atoms with E-state index < -0.39 is 0 Å². The highest BCUT2D eigenvalue weighted by molar-refractivity contribution is 5.21. The van der Waals surface area contributed by atoms with E-state index in [1.807, 2.05) is 0 Å². The second kappa shape index (κ2) is 7.06. The summed E-state index contributed by atoms with van der Waals surface area (Å²) < 4.78 is 0. The summed E-state index contributed by atoms with van der Waals surface area (Å²) in [6, 6.07) is 9.59. The maximum atomic E-state index is 9.18. The monoisotopic (exact) mass is 261 g/mol. The lowest BCUT2D eigenvalue weighted by Gasteiger charge is -2.34. The van der Waals surface area contributed by atoms with Gasteiger partial charge >= 0.3 is 0 Å². The molecule has 1 aliphatic rings. The fourth-order valence-electron chi connectivity index (χ4n) is 3.01. The van der Waals surface area contributed by atoms with Gasteiger partial charge in [-0.2, -0.15) is 0 Å². The largest absolute Gasteiger partial charge is 0.396 e. The van der Waals surface area contributed by atoms with E-state index in [1.54, 1.807) is 0 Å². The van der Waals surface area contributed by atoms with Crippen molar-refractivity contribution in [3.8, 4) is 0 Å². The molecule has 0 aliphatic heterocycles. The Labute approximate surface area is 117 Å². The van der Waals surface area contributed by atoms with Gasteiger partial charge in [0.15, 0.2) is 0 Å². The summed E-state index contributed by atoms with van der Waals surface area (Å²) in [5.74, 6) is 0.557. The molecule has 0 heterocycles. The molecule has 1 saturated carbocycles. The SMILES string of the molecule is Cc1ccc(CCN(C)C2CCC(CO)CC2)cc1. The van der Waals surface area contributed by atoms with Gasteiger partial charge in [-0.25, -0.2) is 0 Å². The lowest BCUT2D eigenvalue weighted by atomic mass is 9.86. The van der Waals surface area contributed by atoms with Crippen LogP contribution in [0.25, 0.3) is 0 Å². The van der Waals surface area contributed by atoms with Crippen LogP contribution in [0.3, 0.4) is 0 Å². The lowest BCUT2D eigenvalue weighted by Crippen LogP contribution is -2.36. The first kappa shape index (κ1) is 14.5. The lowest BCUT2D eigenvalue weighted by molar-refractivity contribution is 0.128. The van der Waals surface area contributed by atoms with Gasteiger partial charge < -0.3 is 10.0 Å². The number of aryl methyl sites for hydroxylation is 1. The van der Waals surface area contributed by atoms with Crippen molar-refractivity contribution < 1.29 is 5.11 Å². The van der Waals surface area contributed by atoms with E-state index in [0.29, 0.717) is 18.6 Å². The molecular weight excluding hydrogens is 234 g/mol. The molecule has 2 nitrogen and oxygen atoms in total. The summed E-state index contributed by atoms with van der Waals surface area (Å²) in [5, 5.41) is 9.18. The Bertz CT molecular complexity index is 365. The van der Waals surface area contributed by atoms with Gasteiger partial charge in [0.1, 0.15) is 0 Å². The number of hydrogen-bond acceptors (Lipinski definition) is 2. The first-order valence-electron chi connectivity index (χ1n) is 7.55. The molecule has 1 fully saturated rings. The van der Waals surface area contributed by atoms with Gasteiger partial charge in [-0.05, 0) is 57.6 Å². The predicted octanol–water partition coefficient (Wildman–Crippen LogP) is 3.02. The minimum Gasteiger partial charge on any atom is -0.396 e. The summed E-state index contributed by atoms with van der Waals surface area (Å²) in [4.78, 5) is 2.51. The zero-order valence-corrected chi connectivity index (χ0v) is 12.3. The Morgan fingerprint density at radius 1 is 1.11 bits per heavy atom. The highest BCUT2D eigenvalue weighted by Crippen LogP contribution is 2.26. The van der Waals surface area contributed by atoms with Crippen molar-refractivity contribution in [3.05, 3.63) is 35.4 Å². The van der Waals surface area contributed by atoms with Crippen molar-refractivity contribution in [2.24, 2.45) is 5.92 Å². The zero-order valence-electron chi connectivity index (χ0n) is 12.3. The molecule has 2 heteroatoms. The average Bonchev–Trinajstić information content (AvgIpc) is 2.46. The molecule has 0 aromatic heterocycles. The van der Waals surface area contributed by atoms with Gasteiger partial charge in [0.25, 0.3) is 0 Å². The van der Waals surface area contributed by atoms with Crippen LogP contribution in [0.2, 0.25) is 0 Å². The minimum absolute atomic E-state index is 0.375. The van der Waals surface area contributed by atoms with E-state index in [4.69, 9.17) is 0 Å². The number of benzene rings is 1. The highest BCUT2D eigenvalue weighted by atomic mass is 16.3. The van der Waals surface area contributed by atoms with Crippen LogP contribution < -0.4 is 0 Å². The van der Waals surface area contributed by atoms with Gasteiger partial charge in [-0.3, -0.25) is 0 Å². The standard InChI is InChI=1S/C17H27NO/c1-14-3-5-15(6-4-14)11-12-18(2)17-9-7-16(13-19)8-10-17/h3-6,16-17,19H,7-13H2,1-2H3. The summed E-state index contributed by atoms with van der Waals surface area (Å²) in [7, 11) is 2.25. The molecule has 0 amide bonds. The molecule has 0 unspecified atom stereocenters. The van der Waals surface area contributed by atoms with E-state index in [1.165, 1.54) is 36.8 Å². The number of aliphatic hydroxyl groups excluding tert-OH is 1. The van der Waals surface area contributed by atoms with Crippen molar-refractivity contribution in [1.29, 1.82) is 0 Å². The van der Waals surface area contributed by atoms with E-state index in [-0.39, 0.29) is 0 Å².